The van der Waals surface area contributed by atoms with E-state index in [1.807, 2.05) is 24.3 Å². The first kappa shape index (κ1) is 20.1. The van der Waals surface area contributed by atoms with Gasteiger partial charge in [0.25, 0.3) is 0 Å². The number of carbonyl (C=O) groups excluding carboxylic acids is 1. The van der Waals surface area contributed by atoms with E-state index in [2.05, 4.69) is 0 Å². The van der Waals surface area contributed by atoms with E-state index in [1.54, 1.807) is 12.1 Å². The summed E-state index contributed by atoms with van der Waals surface area (Å²) in [5.74, 6) is 0.159. The number of hydrogen-bond donors (Lipinski definition) is 1. The Morgan fingerprint density at radius 2 is 1.93 bits per heavy atom. The minimum absolute atomic E-state index is 0.146. The maximum absolute atomic E-state index is 12.0. The Hall–Kier alpha value is -3.16. The van der Waals surface area contributed by atoms with Crippen LogP contribution in [0.4, 0.5) is 0 Å². The van der Waals surface area contributed by atoms with Gasteiger partial charge in [0.2, 0.25) is 5.91 Å². The molecule has 0 aliphatic carbocycles. The number of benzene rings is 2. The van der Waals surface area contributed by atoms with Crippen LogP contribution in [-0.2, 0) is 9.47 Å². The van der Waals surface area contributed by atoms with E-state index in [1.165, 1.54) is 12.1 Å². The summed E-state index contributed by atoms with van der Waals surface area (Å²) in [6.45, 7) is 2.39. The Balaban J connectivity index is 1.47. The van der Waals surface area contributed by atoms with Crippen molar-refractivity contribution >= 4 is 16.9 Å². The van der Waals surface area contributed by atoms with Crippen LogP contribution in [-0.4, -0.2) is 38.4 Å². The van der Waals surface area contributed by atoms with Gasteiger partial charge in [0.1, 0.15) is 17.9 Å². The number of hydrogen-bond acceptors (Lipinski definition) is 6. The summed E-state index contributed by atoms with van der Waals surface area (Å²) in [5, 5.41) is 0.641. The number of fused-ring (bicyclic) bond motifs is 1. The number of amides is 1. The number of ether oxygens (including phenoxy) is 3. The van der Waals surface area contributed by atoms with Crippen molar-refractivity contribution in [1.82, 2.24) is 0 Å². The normalized spacial score (nSPS) is 16.5. The lowest BCUT2D eigenvalue weighted by Gasteiger charge is -2.22. The summed E-state index contributed by atoms with van der Waals surface area (Å²) in [5.41, 5.74) is 7.13. The maximum atomic E-state index is 12.0. The highest BCUT2D eigenvalue weighted by atomic mass is 16.6. The molecule has 1 fully saturated rings. The Kier molecular flexibility index (Phi) is 6.11. The molecule has 2 aromatic carbocycles. The van der Waals surface area contributed by atoms with Crippen molar-refractivity contribution in [3.8, 4) is 16.9 Å². The molecule has 1 atom stereocenters. The molecule has 1 aromatic heterocycles. The van der Waals surface area contributed by atoms with Gasteiger partial charge in [-0.25, -0.2) is 4.79 Å². The molecular weight excluding hydrogens is 386 g/mol. The Bertz CT molecular complexity index is 1080. The van der Waals surface area contributed by atoms with Crippen LogP contribution in [0.15, 0.2) is 57.7 Å². The smallest absolute Gasteiger partial charge is 0.336 e. The second-order valence-electron chi connectivity index (χ2n) is 7.14. The first-order valence-electron chi connectivity index (χ1n) is 9.90. The Labute approximate surface area is 173 Å². The van der Waals surface area contributed by atoms with Crippen molar-refractivity contribution in [3.05, 3.63) is 64.5 Å². The highest BCUT2D eigenvalue weighted by Gasteiger charge is 2.14. The van der Waals surface area contributed by atoms with Gasteiger partial charge < -0.3 is 24.4 Å². The highest BCUT2D eigenvalue weighted by Crippen LogP contribution is 2.29. The minimum atomic E-state index is -0.542. The SMILES string of the molecule is NC(=O)c1ccc2oc(=O)cc(-c3ccc(OCCOC4CCCOC4)cc3)c2c1. The number of carbonyl (C=O) groups is 1. The van der Waals surface area contributed by atoms with Crippen molar-refractivity contribution in [3.63, 3.8) is 0 Å². The lowest BCUT2D eigenvalue weighted by molar-refractivity contribution is -0.0559. The molecule has 4 rings (SSSR count). The molecule has 1 amide bonds. The van der Waals surface area contributed by atoms with Crippen LogP contribution in [0.2, 0.25) is 0 Å². The zero-order valence-electron chi connectivity index (χ0n) is 16.5. The van der Waals surface area contributed by atoms with Crippen LogP contribution in [0.25, 0.3) is 22.1 Å². The van der Waals surface area contributed by atoms with Gasteiger partial charge in [-0.1, -0.05) is 12.1 Å². The predicted molar refractivity (Wildman–Crippen MR) is 112 cm³/mol. The van der Waals surface area contributed by atoms with E-state index in [0.717, 1.165) is 25.0 Å². The van der Waals surface area contributed by atoms with Crippen LogP contribution >= 0.6 is 0 Å². The molecule has 0 spiro atoms. The fourth-order valence-electron chi connectivity index (χ4n) is 3.50. The topological polar surface area (TPSA) is 101 Å². The average Bonchev–Trinajstić information content (AvgIpc) is 2.77. The van der Waals surface area contributed by atoms with Crippen LogP contribution in [0.5, 0.6) is 5.75 Å². The third-order valence-corrected chi connectivity index (χ3v) is 5.02. The monoisotopic (exact) mass is 409 g/mol. The number of nitrogens with two attached hydrogens (primary N) is 1. The van der Waals surface area contributed by atoms with Crippen molar-refractivity contribution in [1.29, 1.82) is 0 Å². The molecule has 1 aliphatic rings. The molecule has 2 N–H and O–H groups in total. The first-order valence-corrected chi connectivity index (χ1v) is 9.90. The fourth-order valence-corrected chi connectivity index (χ4v) is 3.50. The second kappa shape index (κ2) is 9.11. The summed E-state index contributed by atoms with van der Waals surface area (Å²) >= 11 is 0. The summed E-state index contributed by atoms with van der Waals surface area (Å²) in [6.07, 6.45) is 2.19. The molecule has 1 unspecified atom stereocenters. The molecule has 1 aliphatic heterocycles. The first-order chi connectivity index (χ1) is 14.6. The summed E-state index contributed by atoms with van der Waals surface area (Å²) in [4.78, 5) is 23.5. The maximum Gasteiger partial charge on any atom is 0.336 e. The van der Waals surface area contributed by atoms with Crippen LogP contribution in [0, 0.1) is 0 Å². The molecule has 0 saturated carbocycles. The molecule has 0 radical (unpaired) electrons. The molecule has 3 aromatic rings. The minimum Gasteiger partial charge on any atom is -0.491 e. The molecular formula is C23H23NO6. The zero-order chi connectivity index (χ0) is 20.9. The molecule has 30 heavy (non-hydrogen) atoms. The van der Waals surface area contributed by atoms with Gasteiger partial charge in [-0.05, 0) is 54.3 Å². The van der Waals surface area contributed by atoms with Crippen molar-refractivity contribution in [2.45, 2.75) is 18.9 Å². The highest BCUT2D eigenvalue weighted by molar-refractivity contribution is 6.00. The fraction of sp³-hybridized carbons (Fsp3) is 0.304. The molecule has 1 saturated heterocycles. The lowest BCUT2D eigenvalue weighted by atomic mass is 10.0. The van der Waals surface area contributed by atoms with Gasteiger partial charge in [0.05, 0.1) is 19.3 Å². The van der Waals surface area contributed by atoms with Gasteiger partial charge in [-0.15, -0.1) is 0 Å². The third-order valence-electron chi connectivity index (χ3n) is 5.02. The summed E-state index contributed by atoms with van der Waals surface area (Å²) < 4.78 is 22.1. The summed E-state index contributed by atoms with van der Waals surface area (Å²) in [7, 11) is 0. The van der Waals surface area contributed by atoms with E-state index in [-0.39, 0.29) is 6.10 Å². The zero-order valence-corrected chi connectivity index (χ0v) is 16.5. The van der Waals surface area contributed by atoms with Gasteiger partial charge in [-0.3, -0.25) is 4.79 Å². The number of rotatable bonds is 7. The van der Waals surface area contributed by atoms with Crippen molar-refractivity contribution < 1.29 is 23.4 Å². The molecule has 7 heteroatoms. The second-order valence-corrected chi connectivity index (χ2v) is 7.14. The van der Waals surface area contributed by atoms with Gasteiger partial charge >= 0.3 is 5.63 Å². The van der Waals surface area contributed by atoms with Gasteiger partial charge in [-0.2, -0.15) is 0 Å². The van der Waals surface area contributed by atoms with E-state index in [4.69, 9.17) is 24.4 Å². The Morgan fingerprint density at radius 1 is 1.10 bits per heavy atom. The van der Waals surface area contributed by atoms with Crippen molar-refractivity contribution in [2.75, 3.05) is 26.4 Å². The standard InChI is InChI=1S/C23H23NO6/c24-23(26)16-5-8-21-20(12-16)19(13-22(25)30-21)15-3-6-17(7-4-15)28-10-11-29-18-2-1-9-27-14-18/h3-8,12-13,18H,1-2,9-11,14H2,(H2,24,26). The van der Waals surface area contributed by atoms with Gasteiger partial charge in [0.15, 0.2) is 0 Å². The lowest BCUT2D eigenvalue weighted by Crippen LogP contribution is -2.27. The van der Waals surface area contributed by atoms with Crippen LogP contribution < -0.4 is 16.1 Å². The summed E-state index contributed by atoms with van der Waals surface area (Å²) in [6, 6.07) is 13.5. The molecule has 7 nitrogen and oxygen atoms in total. The molecule has 156 valence electrons. The molecule has 2 heterocycles. The quantitative estimate of drug-likeness (QED) is 0.475. The largest absolute Gasteiger partial charge is 0.491 e. The van der Waals surface area contributed by atoms with E-state index < -0.39 is 11.5 Å². The Morgan fingerprint density at radius 3 is 2.67 bits per heavy atom. The van der Waals surface area contributed by atoms with Crippen LogP contribution in [0.1, 0.15) is 23.2 Å². The molecule has 0 bridgehead atoms. The van der Waals surface area contributed by atoms with Crippen LogP contribution in [0.3, 0.4) is 0 Å². The van der Waals surface area contributed by atoms with E-state index in [0.29, 0.717) is 47.7 Å². The predicted octanol–water partition coefficient (Wildman–Crippen LogP) is 3.13. The van der Waals surface area contributed by atoms with E-state index in [9.17, 15) is 9.59 Å². The van der Waals surface area contributed by atoms with Gasteiger partial charge in [0, 0.05) is 23.6 Å². The van der Waals surface area contributed by atoms with E-state index >= 15 is 0 Å². The average molecular weight is 409 g/mol. The van der Waals surface area contributed by atoms with Crippen molar-refractivity contribution in [2.24, 2.45) is 5.73 Å². The number of primary amides is 1. The third kappa shape index (κ3) is 4.69.